The van der Waals surface area contributed by atoms with E-state index < -0.39 is 23.5 Å². The van der Waals surface area contributed by atoms with Crippen LogP contribution >= 0.6 is 0 Å². The van der Waals surface area contributed by atoms with Crippen LogP contribution in [0.4, 0.5) is 4.79 Å². The Morgan fingerprint density at radius 1 is 1.08 bits per heavy atom. The smallest absolute Gasteiger partial charge is 0.327 e. The molecule has 1 fully saturated rings. The lowest BCUT2D eigenvalue weighted by Crippen LogP contribution is -2.56. The number of amides is 3. The van der Waals surface area contributed by atoms with Crippen LogP contribution in [0.15, 0.2) is 10.3 Å². The van der Waals surface area contributed by atoms with E-state index in [0.29, 0.717) is 0 Å². The number of urea groups is 1. The van der Waals surface area contributed by atoms with Crippen molar-refractivity contribution in [1.82, 2.24) is 10.6 Å². The minimum absolute atomic E-state index is 0.494. The molecule has 0 aromatic carbocycles. The molecule has 0 aliphatic carbocycles. The molecule has 3 amide bonds. The van der Waals surface area contributed by atoms with Crippen LogP contribution < -0.4 is 10.6 Å². The molecule has 0 bridgehead atoms. The maximum atomic E-state index is 10.8. The molecule has 0 saturated carbocycles. The molecule has 0 aromatic heterocycles. The zero-order valence-electron chi connectivity index (χ0n) is 5.61. The second kappa shape index (κ2) is 2.86. The van der Waals surface area contributed by atoms with Crippen LogP contribution in [0.1, 0.15) is 0 Å². The molecule has 1 heterocycles. The molecule has 1 rings (SSSR count). The predicted octanol–water partition coefficient (Wildman–Crippen LogP) is -1.56. The third-order valence-electron chi connectivity index (χ3n) is 1.10. The van der Waals surface area contributed by atoms with Crippen molar-refractivity contribution in [3.8, 4) is 0 Å². The lowest BCUT2D eigenvalue weighted by atomic mass is 10.3. The Morgan fingerprint density at radius 3 is 2.25 bits per heavy atom. The fourth-order valence-corrected chi connectivity index (χ4v) is 0.633. The van der Waals surface area contributed by atoms with E-state index in [9.17, 15) is 9.59 Å². The Kier molecular flexibility index (Phi) is 1.90. The minimum atomic E-state index is -0.936. The molecule has 1 aliphatic heterocycles. The van der Waals surface area contributed by atoms with Gasteiger partial charge in [-0.15, -0.1) is 0 Å². The molecule has 1 saturated heterocycles. The maximum Gasteiger partial charge on any atom is 0.327 e. The summed E-state index contributed by atoms with van der Waals surface area (Å²) in [5, 5.41) is 25.2. The summed E-state index contributed by atoms with van der Waals surface area (Å²) in [6, 6.07) is -0.847. The third-order valence-corrected chi connectivity index (χ3v) is 1.10. The number of carbonyl (C=O) groups excluding carboxylic acids is 2. The number of hydrogen-bond donors (Lipinski definition) is 4. The quantitative estimate of drug-likeness (QED) is 0.260. The second-order valence-corrected chi connectivity index (χ2v) is 1.81. The van der Waals surface area contributed by atoms with Gasteiger partial charge < -0.3 is 10.4 Å². The zero-order chi connectivity index (χ0) is 9.14. The number of hydrogen-bond acceptors (Lipinski definition) is 6. The molecule has 0 spiro atoms. The highest BCUT2D eigenvalue weighted by atomic mass is 16.4. The Hall–Kier alpha value is -2.12. The van der Waals surface area contributed by atoms with Gasteiger partial charge in [0.05, 0.1) is 0 Å². The number of oxime groups is 2. The largest absolute Gasteiger partial charge is 0.410 e. The first kappa shape index (κ1) is 7.98. The maximum absolute atomic E-state index is 10.8. The summed E-state index contributed by atoms with van der Waals surface area (Å²) in [5.74, 6) is -1.43. The standard InChI is InChI=1S/C4H4N4O4/c9-3-1(7-11)2(8-12)5-4(10)6-3/h11-12H,(H2,5,6,8,9,10). The molecular formula is C4H4N4O4. The second-order valence-electron chi connectivity index (χ2n) is 1.81. The van der Waals surface area contributed by atoms with E-state index in [1.54, 1.807) is 5.32 Å². The molecule has 64 valence electrons. The Bertz CT molecular complexity index is 293. The van der Waals surface area contributed by atoms with Gasteiger partial charge in [0.2, 0.25) is 11.5 Å². The first-order valence-electron chi connectivity index (χ1n) is 2.76. The first-order valence-corrected chi connectivity index (χ1v) is 2.76. The fraction of sp³-hybridized carbons (Fsp3) is 0. The predicted molar refractivity (Wildman–Crippen MR) is 35.1 cm³/mol. The fourth-order valence-electron chi connectivity index (χ4n) is 0.633. The van der Waals surface area contributed by atoms with E-state index >= 15 is 0 Å². The van der Waals surface area contributed by atoms with Gasteiger partial charge in [-0.3, -0.25) is 15.4 Å². The van der Waals surface area contributed by atoms with Crippen LogP contribution in [-0.2, 0) is 4.79 Å². The molecule has 0 unspecified atom stereocenters. The lowest BCUT2D eigenvalue weighted by molar-refractivity contribution is -0.113. The number of imide groups is 1. The van der Waals surface area contributed by atoms with Gasteiger partial charge in [-0.25, -0.2) is 4.79 Å². The number of nitrogens with one attached hydrogen (secondary N) is 2. The van der Waals surface area contributed by atoms with Gasteiger partial charge in [-0.05, 0) is 0 Å². The van der Waals surface area contributed by atoms with Crippen molar-refractivity contribution in [2.24, 2.45) is 10.3 Å². The summed E-state index contributed by atoms with van der Waals surface area (Å²) in [7, 11) is 0. The molecule has 8 heteroatoms. The van der Waals surface area contributed by atoms with Gasteiger partial charge in [0.1, 0.15) is 0 Å². The molecule has 12 heavy (non-hydrogen) atoms. The van der Waals surface area contributed by atoms with Crippen LogP contribution in [0.3, 0.4) is 0 Å². The average molecular weight is 172 g/mol. The third kappa shape index (κ3) is 1.17. The van der Waals surface area contributed by atoms with Crippen LogP contribution in [0, 0.1) is 0 Å². The van der Waals surface area contributed by atoms with Crippen molar-refractivity contribution in [2.75, 3.05) is 0 Å². The van der Waals surface area contributed by atoms with Crippen molar-refractivity contribution < 1.29 is 20.0 Å². The SMILES string of the molecule is O=C1NC(=O)C(=NO)C(=NO)N1. The Balaban J connectivity index is 3.01. The number of nitrogens with zero attached hydrogens (tertiary/aromatic N) is 2. The van der Waals surface area contributed by atoms with Crippen LogP contribution in [0.25, 0.3) is 0 Å². The van der Waals surface area contributed by atoms with E-state index in [4.69, 9.17) is 10.4 Å². The molecular weight excluding hydrogens is 168 g/mol. The van der Waals surface area contributed by atoms with Crippen molar-refractivity contribution in [2.45, 2.75) is 0 Å². The van der Waals surface area contributed by atoms with E-state index in [0.717, 1.165) is 0 Å². The summed E-state index contributed by atoms with van der Waals surface area (Å²) < 4.78 is 0. The normalized spacial score (nSPS) is 24.0. The van der Waals surface area contributed by atoms with E-state index in [-0.39, 0.29) is 0 Å². The number of carbonyl (C=O) groups is 2. The molecule has 0 aromatic rings. The zero-order valence-corrected chi connectivity index (χ0v) is 5.61. The topological polar surface area (TPSA) is 123 Å². The summed E-state index contributed by atoms with van der Waals surface area (Å²) >= 11 is 0. The van der Waals surface area contributed by atoms with Crippen LogP contribution in [0.5, 0.6) is 0 Å². The highest BCUT2D eigenvalue weighted by molar-refractivity contribution is 6.69. The van der Waals surface area contributed by atoms with Gasteiger partial charge in [-0.1, -0.05) is 10.3 Å². The van der Waals surface area contributed by atoms with E-state index in [2.05, 4.69) is 10.3 Å². The van der Waals surface area contributed by atoms with Crippen molar-refractivity contribution in [3.05, 3.63) is 0 Å². The van der Waals surface area contributed by atoms with Crippen molar-refractivity contribution in [3.63, 3.8) is 0 Å². The van der Waals surface area contributed by atoms with E-state index in [1.165, 1.54) is 0 Å². The molecule has 1 aliphatic rings. The van der Waals surface area contributed by atoms with Gasteiger partial charge >= 0.3 is 6.03 Å². The Labute approximate surface area is 65.5 Å². The highest BCUT2D eigenvalue weighted by Crippen LogP contribution is 1.88. The summed E-state index contributed by atoms with van der Waals surface area (Å²) in [6.07, 6.45) is 0. The highest BCUT2D eigenvalue weighted by Gasteiger charge is 2.28. The molecule has 0 radical (unpaired) electrons. The van der Waals surface area contributed by atoms with Gasteiger partial charge in [-0.2, -0.15) is 0 Å². The number of amidine groups is 1. The number of rotatable bonds is 0. The van der Waals surface area contributed by atoms with E-state index in [1.807, 2.05) is 5.32 Å². The van der Waals surface area contributed by atoms with Crippen LogP contribution in [-0.4, -0.2) is 33.9 Å². The summed E-state index contributed by atoms with van der Waals surface area (Å²) in [5.41, 5.74) is -0.558. The first-order chi connectivity index (χ1) is 5.69. The van der Waals surface area contributed by atoms with Gasteiger partial charge in [0.15, 0.2) is 0 Å². The lowest BCUT2D eigenvalue weighted by Gasteiger charge is -2.13. The average Bonchev–Trinajstić information content (AvgIpc) is 2.03. The molecule has 0 atom stereocenters. The van der Waals surface area contributed by atoms with Crippen molar-refractivity contribution in [1.29, 1.82) is 0 Å². The molecule has 8 nitrogen and oxygen atoms in total. The van der Waals surface area contributed by atoms with Crippen LogP contribution in [0.2, 0.25) is 0 Å². The minimum Gasteiger partial charge on any atom is -0.410 e. The Morgan fingerprint density at radius 2 is 1.75 bits per heavy atom. The monoisotopic (exact) mass is 172 g/mol. The molecule has 4 N–H and O–H groups in total. The summed E-state index contributed by atoms with van der Waals surface area (Å²) in [4.78, 5) is 21.3. The summed E-state index contributed by atoms with van der Waals surface area (Å²) in [6.45, 7) is 0. The van der Waals surface area contributed by atoms with Gasteiger partial charge in [0, 0.05) is 0 Å². The van der Waals surface area contributed by atoms with Crippen molar-refractivity contribution >= 4 is 23.5 Å². The van der Waals surface area contributed by atoms with Gasteiger partial charge in [0.25, 0.3) is 5.91 Å².